The molecule has 132 valence electrons. The van der Waals surface area contributed by atoms with Crippen LogP contribution in [-0.4, -0.2) is 4.89 Å². The molecule has 0 saturated heterocycles. The maximum atomic E-state index is 11.2. The molecule has 0 fully saturated rings. The molecular weight excluding hydrogens is 343 g/mol. The molecule has 0 aliphatic rings. The Kier molecular flexibility index (Phi) is 5.82. The summed E-state index contributed by atoms with van der Waals surface area (Å²) in [6, 6.07) is 26.2. The van der Waals surface area contributed by atoms with Gasteiger partial charge in [-0.15, -0.1) is 4.89 Å². The second kappa shape index (κ2) is 8.27. The van der Waals surface area contributed by atoms with Gasteiger partial charge in [0.25, 0.3) is 0 Å². The minimum absolute atomic E-state index is 0.0454. The van der Waals surface area contributed by atoms with Crippen LogP contribution in [-0.2, 0) is 4.57 Å². The van der Waals surface area contributed by atoms with Crippen LogP contribution in [0.1, 0.15) is 47.9 Å². The standard InChI is InChI=1S/C22H21O3P/c1-16(18-9-5-3-6-10-18)20-13-14-22(25-26(23)24)21(15-20)17(2)19-11-7-4-8-12-19/h3-17H,1-2H3/p+1. The number of hydrogen-bond donors (Lipinski definition) is 1. The SMILES string of the molecule is CC(c1ccccc1)c1ccc(O[P+](=O)O)c(C(C)c2ccccc2)c1. The van der Waals surface area contributed by atoms with Crippen molar-refractivity contribution in [2.45, 2.75) is 25.7 Å². The van der Waals surface area contributed by atoms with Gasteiger partial charge in [0, 0.05) is 22.0 Å². The second-order valence-electron chi connectivity index (χ2n) is 6.39. The van der Waals surface area contributed by atoms with Gasteiger partial charge < -0.3 is 0 Å². The molecule has 0 amide bonds. The second-order valence-corrected chi connectivity index (χ2v) is 7.05. The highest BCUT2D eigenvalue weighted by Gasteiger charge is 2.23. The summed E-state index contributed by atoms with van der Waals surface area (Å²) in [5.74, 6) is 0.716. The van der Waals surface area contributed by atoms with E-state index in [1.165, 1.54) is 5.56 Å². The smallest absolute Gasteiger partial charge is 0.229 e. The van der Waals surface area contributed by atoms with Gasteiger partial charge >= 0.3 is 8.25 Å². The van der Waals surface area contributed by atoms with Crippen LogP contribution in [0.2, 0.25) is 0 Å². The molecule has 1 N–H and O–H groups in total. The van der Waals surface area contributed by atoms with E-state index in [4.69, 9.17) is 4.52 Å². The Hall–Kier alpha value is -2.48. The molecule has 0 spiro atoms. The molecule has 3 nitrogen and oxygen atoms in total. The molecule has 0 radical (unpaired) electrons. The first-order valence-electron chi connectivity index (χ1n) is 8.64. The molecule has 0 heterocycles. The Labute approximate surface area is 155 Å². The lowest BCUT2D eigenvalue weighted by atomic mass is 9.87. The van der Waals surface area contributed by atoms with Gasteiger partial charge in [-0.25, -0.2) is 4.52 Å². The Morgan fingerprint density at radius 1 is 0.769 bits per heavy atom. The molecule has 0 aliphatic carbocycles. The third kappa shape index (κ3) is 4.19. The lowest BCUT2D eigenvalue weighted by molar-refractivity contribution is 0.408. The van der Waals surface area contributed by atoms with E-state index in [2.05, 4.69) is 44.2 Å². The average Bonchev–Trinajstić information content (AvgIpc) is 2.68. The van der Waals surface area contributed by atoms with E-state index in [1.54, 1.807) is 6.07 Å². The van der Waals surface area contributed by atoms with Crippen molar-refractivity contribution in [3.63, 3.8) is 0 Å². The van der Waals surface area contributed by atoms with Crippen molar-refractivity contribution in [1.29, 1.82) is 0 Å². The van der Waals surface area contributed by atoms with Crippen molar-refractivity contribution in [3.05, 3.63) is 101 Å². The highest BCUT2D eigenvalue weighted by atomic mass is 31.1. The summed E-state index contributed by atoms with van der Waals surface area (Å²) in [5.41, 5.74) is 4.42. The van der Waals surface area contributed by atoms with E-state index in [-0.39, 0.29) is 11.8 Å². The molecule has 26 heavy (non-hydrogen) atoms. The predicted octanol–water partition coefficient (Wildman–Crippen LogP) is 6.02. The number of rotatable bonds is 6. The zero-order valence-electron chi connectivity index (χ0n) is 14.9. The minimum Gasteiger partial charge on any atom is -0.229 e. The van der Waals surface area contributed by atoms with E-state index < -0.39 is 8.25 Å². The minimum atomic E-state index is -2.71. The Morgan fingerprint density at radius 2 is 1.31 bits per heavy atom. The highest BCUT2D eigenvalue weighted by Crippen LogP contribution is 2.38. The summed E-state index contributed by atoms with van der Waals surface area (Å²) in [6.07, 6.45) is 0. The van der Waals surface area contributed by atoms with Gasteiger partial charge in [-0.1, -0.05) is 86.6 Å². The molecule has 0 saturated carbocycles. The van der Waals surface area contributed by atoms with Crippen molar-refractivity contribution >= 4 is 8.25 Å². The molecule has 4 heteroatoms. The van der Waals surface area contributed by atoms with Gasteiger partial charge in [-0.05, 0) is 22.8 Å². The summed E-state index contributed by atoms with van der Waals surface area (Å²) in [4.78, 5) is 9.23. The van der Waals surface area contributed by atoms with E-state index in [9.17, 15) is 9.46 Å². The first-order valence-corrected chi connectivity index (χ1v) is 9.77. The van der Waals surface area contributed by atoms with Gasteiger partial charge in [-0.3, -0.25) is 0 Å². The van der Waals surface area contributed by atoms with E-state index in [0.717, 1.165) is 16.7 Å². The van der Waals surface area contributed by atoms with E-state index >= 15 is 0 Å². The fourth-order valence-corrected chi connectivity index (χ4v) is 3.53. The zero-order chi connectivity index (χ0) is 18.5. The van der Waals surface area contributed by atoms with Crippen LogP contribution in [0.4, 0.5) is 0 Å². The van der Waals surface area contributed by atoms with Crippen LogP contribution in [0.25, 0.3) is 0 Å². The van der Waals surface area contributed by atoms with Crippen molar-refractivity contribution in [3.8, 4) is 5.75 Å². The van der Waals surface area contributed by atoms with Crippen LogP contribution in [0.5, 0.6) is 5.75 Å². The summed E-state index contributed by atoms with van der Waals surface area (Å²) in [6.45, 7) is 4.24. The summed E-state index contributed by atoms with van der Waals surface area (Å²) >= 11 is 0. The van der Waals surface area contributed by atoms with E-state index in [0.29, 0.717) is 5.75 Å². The molecule has 0 aromatic heterocycles. The van der Waals surface area contributed by atoms with Gasteiger partial charge in [-0.2, -0.15) is 0 Å². The Balaban J connectivity index is 2.03. The summed E-state index contributed by atoms with van der Waals surface area (Å²) in [5, 5.41) is 0. The fourth-order valence-electron chi connectivity index (χ4n) is 3.20. The topological polar surface area (TPSA) is 46.5 Å². The predicted molar refractivity (Wildman–Crippen MR) is 105 cm³/mol. The van der Waals surface area contributed by atoms with Crippen LogP contribution >= 0.6 is 8.25 Å². The maximum Gasteiger partial charge on any atom is 0.747 e. The third-order valence-corrected chi connectivity index (χ3v) is 5.13. The first kappa shape index (κ1) is 18.3. The monoisotopic (exact) mass is 365 g/mol. The molecular formula is C22H22O3P+. The van der Waals surface area contributed by atoms with Gasteiger partial charge in [0.15, 0.2) is 5.75 Å². The highest BCUT2D eigenvalue weighted by molar-refractivity contribution is 7.32. The van der Waals surface area contributed by atoms with Crippen LogP contribution in [0, 0.1) is 0 Å². The first-order chi connectivity index (χ1) is 12.6. The Morgan fingerprint density at radius 3 is 1.85 bits per heavy atom. The van der Waals surface area contributed by atoms with Crippen molar-refractivity contribution < 1.29 is 14.0 Å². The quantitative estimate of drug-likeness (QED) is 0.544. The lowest BCUT2D eigenvalue weighted by Gasteiger charge is -2.18. The van der Waals surface area contributed by atoms with Gasteiger partial charge in [0.1, 0.15) is 0 Å². The van der Waals surface area contributed by atoms with Crippen LogP contribution in [0.15, 0.2) is 78.9 Å². The summed E-state index contributed by atoms with van der Waals surface area (Å²) < 4.78 is 16.4. The maximum absolute atomic E-state index is 11.2. The normalized spacial score (nSPS) is 13.7. The molecule has 0 bridgehead atoms. The molecule has 3 atom stereocenters. The third-order valence-electron chi connectivity index (χ3n) is 4.78. The molecule has 0 aliphatic heterocycles. The molecule has 3 rings (SSSR count). The Bertz CT molecular complexity index is 878. The van der Waals surface area contributed by atoms with Gasteiger partial charge in [0.05, 0.1) is 0 Å². The van der Waals surface area contributed by atoms with Crippen molar-refractivity contribution in [2.24, 2.45) is 0 Å². The van der Waals surface area contributed by atoms with Crippen molar-refractivity contribution in [2.75, 3.05) is 0 Å². The fraction of sp³-hybridized carbons (Fsp3) is 0.182. The van der Waals surface area contributed by atoms with Crippen LogP contribution in [0.3, 0.4) is 0 Å². The largest absolute Gasteiger partial charge is 0.747 e. The van der Waals surface area contributed by atoms with Crippen molar-refractivity contribution in [1.82, 2.24) is 0 Å². The number of benzene rings is 3. The summed E-state index contributed by atoms with van der Waals surface area (Å²) in [7, 11) is -2.71. The van der Waals surface area contributed by atoms with Crippen LogP contribution < -0.4 is 4.52 Å². The lowest BCUT2D eigenvalue weighted by Crippen LogP contribution is -2.02. The van der Waals surface area contributed by atoms with Gasteiger partial charge in [0.2, 0.25) is 0 Å². The molecule has 3 aromatic carbocycles. The molecule has 3 aromatic rings. The number of hydrogen-bond acceptors (Lipinski definition) is 2. The zero-order valence-corrected chi connectivity index (χ0v) is 15.8. The average molecular weight is 365 g/mol. The van der Waals surface area contributed by atoms with E-state index in [1.807, 2.05) is 42.5 Å². The molecule has 3 unspecified atom stereocenters.